The van der Waals surface area contributed by atoms with Gasteiger partial charge in [-0.25, -0.2) is 0 Å². The summed E-state index contributed by atoms with van der Waals surface area (Å²) in [6.45, 7) is 7.59. The monoisotopic (exact) mass is 342 g/mol. The molecule has 3 aliphatic rings. The van der Waals surface area contributed by atoms with Crippen LogP contribution in [0.4, 0.5) is 5.69 Å². The van der Waals surface area contributed by atoms with Crippen molar-refractivity contribution in [2.75, 3.05) is 18.1 Å². The minimum Gasteiger partial charge on any atom is -0.378 e. The van der Waals surface area contributed by atoms with E-state index >= 15 is 0 Å². The number of nitrogens with zero attached hydrogens (tertiary/aromatic N) is 1. The van der Waals surface area contributed by atoms with Crippen molar-refractivity contribution in [2.45, 2.75) is 69.9 Å². The predicted molar refractivity (Wildman–Crippen MR) is 99.7 cm³/mol. The van der Waals surface area contributed by atoms with E-state index in [2.05, 4.69) is 32.0 Å². The molecule has 2 saturated carbocycles. The minimum absolute atomic E-state index is 0.0599. The summed E-state index contributed by atoms with van der Waals surface area (Å²) in [4.78, 5) is 15.6. The van der Waals surface area contributed by atoms with Gasteiger partial charge in [-0.15, -0.1) is 0 Å². The van der Waals surface area contributed by atoms with Crippen LogP contribution < -0.4 is 10.6 Å². The summed E-state index contributed by atoms with van der Waals surface area (Å²) >= 11 is 0. The molecular weight excluding hydrogens is 312 g/mol. The first-order chi connectivity index (χ1) is 11.9. The molecule has 0 bridgehead atoms. The molecule has 1 aromatic carbocycles. The number of rotatable bonds is 3. The molecule has 2 N–H and O–H groups in total. The highest BCUT2D eigenvalue weighted by Crippen LogP contribution is 2.54. The van der Waals surface area contributed by atoms with Crippen molar-refractivity contribution in [1.29, 1.82) is 0 Å². The van der Waals surface area contributed by atoms with Crippen molar-refractivity contribution in [1.82, 2.24) is 0 Å². The highest BCUT2D eigenvalue weighted by atomic mass is 16.5. The summed E-state index contributed by atoms with van der Waals surface area (Å²) in [5.74, 6) is 0.0738. The maximum absolute atomic E-state index is 13.6. The van der Waals surface area contributed by atoms with Crippen molar-refractivity contribution < 1.29 is 9.53 Å². The number of carbonyl (C=O) groups is 1. The van der Waals surface area contributed by atoms with Crippen molar-refractivity contribution in [3.05, 3.63) is 29.8 Å². The van der Waals surface area contributed by atoms with Crippen LogP contribution in [-0.4, -0.2) is 30.7 Å². The highest BCUT2D eigenvalue weighted by molar-refractivity contribution is 6.03. The Morgan fingerprint density at radius 3 is 2.60 bits per heavy atom. The van der Waals surface area contributed by atoms with Gasteiger partial charge in [0, 0.05) is 36.1 Å². The van der Waals surface area contributed by atoms with Gasteiger partial charge in [0.2, 0.25) is 5.91 Å². The molecule has 1 spiro atoms. The summed E-state index contributed by atoms with van der Waals surface area (Å²) in [5.41, 5.74) is 8.08. The molecule has 1 amide bonds. The van der Waals surface area contributed by atoms with Crippen LogP contribution in [0, 0.1) is 5.41 Å². The molecule has 0 saturated heterocycles. The molecule has 1 aromatic rings. The third-order valence-corrected chi connectivity index (χ3v) is 7.24. The zero-order valence-corrected chi connectivity index (χ0v) is 15.7. The molecule has 1 heterocycles. The molecule has 0 aromatic heterocycles. The molecule has 0 radical (unpaired) electrons. The van der Waals surface area contributed by atoms with Gasteiger partial charge in [-0.3, -0.25) is 4.79 Å². The van der Waals surface area contributed by atoms with Crippen LogP contribution in [0.15, 0.2) is 24.3 Å². The second-order valence-corrected chi connectivity index (χ2v) is 8.74. The molecule has 25 heavy (non-hydrogen) atoms. The van der Waals surface area contributed by atoms with Gasteiger partial charge in [0.1, 0.15) is 5.54 Å². The SMILES string of the molecule is CCOC1CC(N)(C(=O)N2CC3(CCCC3)c3ccccc32)C1(C)C. The molecule has 2 fully saturated rings. The van der Waals surface area contributed by atoms with E-state index in [9.17, 15) is 4.79 Å². The Bertz CT molecular complexity index is 693. The Hall–Kier alpha value is -1.39. The zero-order chi connectivity index (χ0) is 17.9. The van der Waals surface area contributed by atoms with Gasteiger partial charge in [-0.1, -0.05) is 44.9 Å². The molecule has 4 heteroatoms. The maximum atomic E-state index is 13.6. The van der Waals surface area contributed by atoms with Crippen molar-refractivity contribution in [3.8, 4) is 0 Å². The van der Waals surface area contributed by atoms with Crippen LogP contribution in [0.5, 0.6) is 0 Å². The lowest BCUT2D eigenvalue weighted by molar-refractivity contribution is -0.168. The molecule has 4 nitrogen and oxygen atoms in total. The van der Waals surface area contributed by atoms with Crippen LogP contribution in [0.3, 0.4) is 0 Å². The van der Waals surface area contributed by atoms with Crippen LogP contribution in [0.1, 0.15) is 58.4 Å². The van der Waals surface area contributed by atoms with Gasteiger partial charge in [-0.2, -0.15) is 0 Å². The van der Waals surface area contributed by atoms with Crippen molar-refractivity contribution in [3.63, 3.8) is 0 Å². The van der Waals surface area contributed by atoms with Gasteiger partial charge in [-0.05, 0) is 31.4 Å². The average Bonchev–Trinajstić information content (AvgIpc) is 3.20. The van der Waals surface area contributed by atoms with Crippen molar-refractivity contribution in [2.24, 2.45) is 11.1 Å². The topological polar surface area (TPSA) is 55.6 Å². The second-order valence-electron chi connectivity index (χ2n) is 8.74. The fourth-order valence-electron chi connectivity index (χ4n) is 5.33. The summed E-state index contributed by atoms with van der Waals surface area (Å²) in [6, 6.07) is 8.44. The van der Waals surface area contributed by atoms with E-state index in [1.54, 1.807) is 0 Å². The van der Waals surface area contributed by atoms with E-state index in [1.807, 2.05) is 17.9 Å². The summed E-state index contributed by atoms with van der Waals surface area (Å²) in [5, 5.41) is 0. The standard InChI is InChI=1S/C21H30N2O2/c1-4-25-17-13-21(22,19(17,2)3)18(24)23-14-20(11-7-8-12-20)15-9-5-6-10-16(15)23/h5-6,9-10,17H,4,7-8,11-14,22H2,1-3H3. The number of anilines is 1. The molecule has 136 valence electrons. The molecule has 2 unspecified atom stereocenters. The van der Waals surface area contributed by atoms with Crippen LogP contribution in [0.2, 0.25) is 0 Å². The molecule has 2 atom stereocenters. The lowest BCUT2D eigenvalue weighted by Gasteiger charge is -2.58. The summed E-state index contributed by atoms with van der Waals surface area (Å²) in [6.07, 6.45) is 5.53. The predicted octanol–water partition coefficient (Wildman–Crippen LogP) is 3.38. The first-order valence-corrected chi connectivity index (χ1v) is 9.68. The number of ether oxygens (including phenoxy) is 1. The Morgan fingerprint density at radius 2 is 1.96 bits per heavy atom. The number of hydrogen-bond acceptors (Lipinski definition) is 3. The number of carbonyl (C=O) groups excluding carboxylic acids is 1. The van der Waals surface area contributed by atoms with E-state index in [-0.39, 0.29) is 22.8 Å². The number of benzene rings is 1. The smallest absolute Gasteiger partial charge is 0.247 e. The van der Waals surface area contributed by atoms with Gasteiger partial charge in [0.25, 0.3) is 0 Å². The van der Waals surface area contributed by atoms with Gasteiger partial charge >= 0.3 is 0 Å². The largest absolute Gasteiger partial charge is 0.378 e. The highest BCUT2D eigenvalue weighted by Gasteiger charge is 2.65. The molecule has 2 aliphatic carbocycles. The molecule has 1 aliphatic heterocycles. The van der Waals surface area contributed by atoms with E-state index < -0.39 is 5.54 Å². The van der Waals surface area contributed by atoms with Crippen LogP contribution in [0.25, 0.3) is 0 Å². The first-order valence-electron chi connectivity index (χ1n) is 9.68. The fraction of sp³-hybridized carbons (Fsp3) is 0.667. The molecule has 4 rings (SSSR count). The van der Waals surface area contributed by atoms with Crippen molar-refractivity contribution >= 4 is 11.6 Å². The van der Waals surface area contributed by atoms with Gasteiger partial charge in [0.15, 0.2) is 0 Å². The third kappa shape index (κ3) is 2.16. The maximum Gasteiger partial charge on any atom is 0.247 e. The quantitative estimate of drug-likeness (QED) is 0.916. The van der Waals surface area contributed by atoms with Crippen LogP contribution in [-0.2, 0) is 14.9 Å². The fourth-order valence-corrected chi connectivity index (χ4v) is 5.33. The Kier molecular flexibility index (Phi) is 3.79. The normalized spacial score (nSPS) is 31.8. The number of fused-ring (bicyclic) bond motifs is 2. The summed E-state index contributed by atoms with van der Waals surface area (Å²) in [7, 11) is 0. The number of amides is 1. The van der Waals surface area contributed by atoms with Crippen LogP contribution >= 0.6 is 0 Å². The number of para-hydroxylation sites is 1. The zero-order valence-electron chi connectivity index (χ0n) is 15.7. The first kappa shape index (κ1) is 17.0. The molecular formula is C21H30N2O2. The van der Waals surface area contributed by atoms with E-state index in [0.717, 1.165) is 12.2 Å². The minimum atomic E-state index is -0.843. The lowest BCUT2D eigenvalue weighted by Crippen LogP contribution is -2.76. The summed E-state index contributed by atoms with van der Waals surface area (Å²) < 4.78 is 5.81. The van der Waals surface area contributed by atoms with E-state index in [0.29, 0.717) is 13.0 Å². The Morgan fingerprint density at radius 1 is 1.28 bits per heavy atom. The van der Waals surface area contributed by atoms with E-state index in [4.69, 9.17) is 10.5 Å². The Balaban J connectivity index is 1.66. The van der Waals surface area contributed by atoms with E-state index in [1.165, 1.54) is 31.2 Å². The number of nitrogens with two attached hydrogens (primary N) is 1. The lowest BCUT2D eigenvalue weighted by atomic mass is 9.54. The second kappa shape index (κ2) is 5.55. The number of hydrogen-bond donors (Lipinski definition) is 1. The van der Waals surface area contributed by atoms with Gasteiger partial charge in [0.05, 0.1) is 6.10 Å². The average molecular weight is 342 g/mol. The third-order valence-electron chi connectivity index (χ3n) is 7.24. The Labute approximate surface area is 150 Å². The van der Waals surface area contributed by atoms with Gasteiger partial charge < -0.3 is 15.4 Å².